The Morgan fingerprint density at radius 3 is 2.40 bits per heavy atom. The highest BCUT2D eigenvalue weighted by atomic mass is 16.2. The molecule has 0 aliphatic heterocycles. The average molecular weight is 269 g/mol. The zero-order valence-corrected chi connectivity index (χ0v) is 12.1. The van der Waals surface area contributed by atoms with Crippen molar-refractivity contribution in [2.24, 2.45) is 0 Å². The van der Waals surface area contributed by atoms with E-state index < -0.39 is 0 Å². The van der Waals surface area contributed by atoms with E-state index in [4.69, 9.17) is 0 Å². The van der Waals surface area contributed by atoms with Crippen molar-refractivity contribution in [1.29, 1.82) is 0 Å². The molecule has 1 N–H and O–H groups in total. The topological polar surface area (TPSA) is 45.2 Å². The first-order chi connectivity index (χ1) is 9.65. The third kappa shape index (κ3) is 2.96. The van der Waals surface area contributed by atoms with Crippen molar-refractivity contribution in [3.8, 4) is 0 Å². The number of hydrogen-bond donors (Lipinski definition) is 1. The standard InChI is InChI=1S/C16H19N3O/c1-4-19(14-8-5-12(2)6-9-14)16(20)13-7-10-15(17-3)18-11-13/h5-11H,4H2,1-3H3,(H,17,18). The van der Waals surface area contributed by atoms with Gasteiger partial charge in [0.1, 0.15) is 5.82 Å². The van der Waals surface area contributed by atoms with Crippen LogP contribution in [0.5, 0.6) is 0 Å². The van der Waals surface area contributed by atoms with Crippen molar-refractivity contribution in [3.05, 3.63) is 53.7 Å². The minimum atomic E-state index is -0.0356. The Balaban J connectivity index is 2.26. The summed E-state index contributed by atoms with van der Waals surface area (Å²) < 4.78 is 0. The lowest BCUT2D eigenvalue weighted by Gasteiger charge is -2.21. The molecule has 0 spiro atoms. The third-order valence-corrected chi connectivity index (χ3v) is 3.17. The molecule has 0 saturated carbocycles. The van der Waals surface area contributed by atoms with E-state index in [0.717, 1.165) is 11.5 Å². The van der Waals surface area contributed by atoms with Crippen molar-refractivity contribution in [2.75, 3.05) is 23.8 Å². The minimum absolute atomic E-state index is 0.0356. The maximum atomic E-state index is 12.5. The van der Waals surface area contributed by atoms with Crippen LogP contribution in [0, 0.1) is 6.92 Å². The smallest absolute Gasteiger partial charge is 0.259 e. The predicted octanol–water partition coefficient (Wildman–Crippen LogP) is 3.10. The normalized spacial score (nSPS) is 10.2. The molecule has 0 aliphatic rings. The lowest BCUT2D eigenvalue weighted by atomic mass is 10.2. The van der Waals surface area contributed by atoms with E-state index in [1.807, 2.05) is 38.1 Å². The summed E-state index contributed by atoms with van der Waals surface area (Å²) in [6.45, 7) is 4.62. The number of aromatic nitrogens is 1. The van der Waals surface area contributed by atoms with Gasteiger partial charge in [0.25, 0.3) is 5.91 Å². The molecule has 2 aromatic rings. The van der Waals surface area contributed by atoms with Gasteiger partial charge in [0.05, 0.1) is 5.56 Å². The first-order valence-corrected chi connectivity index (χ1v) is 6.68. The minimum Gasteiger partial charge on any atom is -0.373 e. The fraction of sp³-hybridized carbons (Fsp3) is 0.250. The summed E-state index contributed by atoms with van der Waals surface area (Å²) in [5.74, 6) is 0.714. The molecule has 0 atom stereocenters. The van der Waals surface area contributed by atoms with Gasteiger partial charge in [-0.3, -0.25) is 4.79 Å². The Morgan fingerprint density at radius 2 is 1.90 bits per heavy atom. The van der Waals surface area contributed by atoms with E-state index in [1.165, 1.54) is 5.56 Å². The fourth-order valence-corrected chi connectivity index (χ4v) is 1.99. The van der Waals surface area contributed by atoms with E-state index in [9.17, 15) is 4.79 Å². The lowest BCUT2D eigenvalue weighted by Crippen LogP contribution is -2.30. The van der Waals surface area contributed by atoms with Gasteiger partial charge in [0.2, 0.25) is 0 Å². The predicted molar refractivity (Wildman–Crippen MR) is 82.3 cm³/mol. The van der Waals surface area contributed by atoms with Gasteiger partial charge in [0, 0.05) is 25.5 Å². The Hall–Kier alpha value is -2.36. The van der Waals surface area contributed by atoms with Gasteiger partial charge in [-0.15, -0.1) is 0 Å². The van der Waals surface area contributed by atoms with Gasteiger partial charge in [0.15, 0.2) is 0 Å². The van der Waals surface area contributed by atoms with Crippen LogP contribution >= 0.6 is 0 Å². The van der Waals surface area contributed by atoms with Crippen LogP contribution in [0.2, 0.25) is 0 Å². The van der Waals surface area contributed by atoms with Gasteiger partial charge in [-0.2, -0.15) is 0 Å². The lowest BCUT2D eigenvalue weighted by molar-refractivity contribution is 0.0988. The van der Waals surface area contributed by atoms with E-state index in [-0.39, 0.29) is 5.91 Å². The monoisotopic (exact) mass is 269 g/mol. The highest BCUT2D eigenvalue weighted by Gasteiger charge is 2.16. The van der Waals surface area contributed by atoms with Gasteiger partial charge in [-0.05, 0) is 38.1 Å². The number of carbonyl (C=O) groups excluding carboxylic acids is 1. The zero-order chi connectivity index (χ0) is 14.5. The highest BCUT2D eigenvalue weighted by Crippen LogP contribution is 2.18. The molecule has 0 unspecified atom stereocenters. The van der Waals surface area contributed by atoms with Crippen LogP contribution in [-0.2, 0) is 0 Å². The van der Waals surface area contributed by atoms with E-state index in [0.29, 0.717) is 12.1 Å². The van der Waals surface area contributed by atoms with Crippen molar-refractivity contribution in [3.63, 3.8) is 0 Å². The fourth-order valence-electron chi connectivity index (χ4n) is 1.99. The van der Waals surface area contributed by atoms with Gasteiger partial charge < -0.3 is 10.2 Å². The summed E-state index contributed by atoms with van der Waals surface area (Å²) in [5, 5.41) is 2.94. The van der Waals surface area contributed by atoms with Crippen LogP contribution in [0.15, 0.2) is 42.6 Å². The number of rotatable bonds is 4. The first-order valence-electron chi connectivity index (χ1n) is 6.68. The number of carbonyl (C=O) groups is 1. The van der Waals surface area contributed by atoms with Crippen LogP contribution in [0.3, 0.4) is 0 Å². The molecule has 20 heavy (non-hydrogen) atoms. The van der Waals surface area contributed by atoms with E-state index >= 15 is 0 Å². The summed E-state index contributed by atoms with van der Waals surface area (Å²) in [7, 11) is 1.80. The summed E-state index contributed by atoms with van der Waals surface area (Å²) >= 11 is 0. The maximum absolute atomic E-state index is 12.5. The van der Waals surface area contributed by atoms with Crippen LogP contribution in [0.1, 0.15) is 22.8 Å². The number of nitrogens with one attached hydrogen (secondary N) is 1. The van der Waals surface area contributed by atoms with Crippen LogP contribution in [0.25, 0.3) is 0 Å². The molecule has 4 heteroatoms. The van der Waals surface area contributed by atoms with Crippen molar-refractivity contribution in [1.82, 2.24) is 4.98 Å². The molecule has 1 amide bonds. The summed E-state index contributed by atoms with van der Waals surface area (Å²) in [6, 6.07) is 11.5. The SMILES string of the molecule is CCN(C(=O)c1ccc(NC)nc1)c1ccc(C)cc1. The second kappa shape index (κ2) is 6.19. The van der Waals surface area contributed by atoms with Crippen LogP contribution in [0.4, 0.5) is 11.5 Å². The Kier molecular flexibility index (Phi) is 4.35. The zero-order valence-electron chi connectivity index (χ0n) is 12.1. The third-order valence-electron chi connectivity index (χ3n) is 3.17. The second-order valence-electron chi connectivity index (χ2n) is 4.57. The quantitative estimate of drug-likeness (QED) is 0.927. The number of benzene rings is 1. The maximum Gasteiger partial charge on any atom is 0.259 e. The Bertz CT molecular complexity index is 576. The van der Waals surface area contributed by atoms with Crippen molar-refractivity contribution in [2.45, 2.75) is 13.8 Å². The molecule has 1 aromatic carbocycles. The molecule has 0 fully saturated rings. The summed E-state index contributed by atoms with van der Waals surface area (Å²) in [6.07, 6.45) is 1.60. The largest absolute Gasteiger partial charge is 0.373 e. The summed E-state index contributed by atoms with van der Waals surface area (Å²) in [5.41, 5.74) is 2.67. The molecule has 2 rings (SSSR count). The molecular weight excluding hydrogens is 250 g/mol. The molecule has 0 radical (unpaired) electrons. The van der Waals surface area contributed by atoms with Crippen molar-refractivity contribution >= 4 is 17.4 Å². The van der Waals surface area contributed by atoms with E-state index in [2.05, 4.69) is 10.3 Å². The molecule has 0 aliphatic carbocycles. The second-order valence-corrected chi connectivity index (χ2v) is 4.57. The molecule has 0 saturated heterocycles. The van der Waals surface area contributed by atoms with Crippen LogP contribution < -0.4 is 10.2 Å². The number of hydrogen-bond acceptors (Lipinski definition) is 3. The summed E-state index contributed by atoms with van der Waals surface area (Å²) in [4.78, 5) is 18.5. The number of pyridine rings is 1. The van der Waals surface area contributed by atoms with Gasteiger partial charge in [-0.1, -0.05) is 17.7 Å². The molecule has 104 valence electrons. The molecule has 4 nitrogen and oxygen atoms in total. The Morgan fingerprint density at radius 1 is 1.20 bits per heavy atom. The molecule has 0 bridgehead atoms. The van der Waals surface area contributed by atoms with Gasteiger partial charge in [-0.25, -0.2) is 4.98 Å². The Labute approximate surface area is 119 Å². The first kappa shape index (κ1) is 14.1. The number of aryl methyl sites for hydroxylation is 1. The number of anilines is 2. The van der Waals surface area contributed by atoms with Crippen LogP contribution in [-0.4, -0.2) is 24.5 Å². The molecule has 1 aromatic heterocycles. The number of nitrogens with zero attached hydrogens (tertiary/aromatic N) is 2. The number of amides is 1. The van der Waals surface area contributed by atoms with Crippen molar-refractivity contribution < 1.29 is 4.79 Å². The average Bonchev–Trinajstić information content (AvgIpc) is 2.50. The molecular formula is C16H19N3O. The molecule has 1 heterocycles. The van der Waals surface area contributed by atoms with E-state index in [1.54, 1.807) is 30.3 Å². The highest BCUT2D eigenvalue weighted by molar-refractivity contribution is 6.05. The van der Waals surface area contributed by atoms with Gasteiger partial charge >= 0.3 is 0 Å².